The van der Waals surface area contributed by atoms with Crippen LogP contribution in [0.4, 0.5) is 4.39 Å². The molecule has 0 saturated carbocycles. The lowest BCUT2D eigenvalue weighted by atomic mass is 10.1. The average molecular weight is 449 g/mol. The molecule has 0 N–H and O–H groups in total. The second kappa shape index (κ2) is 9.92. The van der Waals surface area contributed by atoms with Crippen LogP contribution in [0.25, 0.3) is 10.8 Å². The molecule has 1 aromatic heterocycles. The van der Waals surface area contributed by atoms with Gasteiger partial charge in [-0.05, 0) is 29.5 Å². The fourth-order valence-electron chi connectivity index (χ4n) is 3.61. The zero-order valence-corrected chi connectivity index (χ0v) is 18.9. The molecule has 4 rings (SSSR count). The predicted octanol–water partition coefficient (Wildman–Crippen LogP) is 6.31. The van der Waals surface area contributed by atoms with Crippen molar-refractivity contribution in [3.63, 3.8) is 0 Å². The van der Waals surface area contributed by atoms with E-state index in [1.807, 2.05) is 49.6 Å². The third-order valence-electron chi connectivity index (χ3n) is 5.03. The van der Waals surface area contributed by atoms with Crippen molar-refractivity contribution in [2.24, 2.45) is 5.92 Å². The highest BCUT2D eigenvalue weighted by Crippen LogP contribution is 2.26. The number of fused-ring (bicyclic) bond motifs is 1. The number of ether oxygens (including phenoxy) is 1. The van der Waals surface area contributed by atoms with Crippen molar-refractivity contribution in [2.45, 2.75) is 27.0 Å². The molecule has 1 heterocycles. The largest absolute Gasteiger partial charge is 0.486 e. The van der Waals surface area contributed by atoms with Gasteiger partial charge < -0.3 is 9.64 Å². The normalized spacial score (nSPS) is 11.1. The molecule has 0 aliphatic heterocycles. The summed E-state index contributed by atoms with van der Waals surface area (Å²) in [7, 11) is 0. The van der Waals surface area contributed by atoms with Gasteiger partial charge in [0.2, 0.25) is 0 Å². The average Bonchev–Trinajstić information content (AvgIpc) is 3.24. The molecule has 0 saturated heterocycles. The Hall–Kier alpha value is -3.25. The summed E-state index contributed by atoms with van der Waals surface area (Å²) >= 11 is 1.50. The molecule has 0 radical (unpaired) electrons. The van der Waals surface area contributed by atoms with Gasteiger partial charge in [-0.3, -0.25) is 4.79 Å². The number of thiazole rings is 1. The van der Waals surface area contributed by atoms with Crippen molar-refractivity contribution in [3.8, 4) is 5.75 Å². The van der Waals surface area contributed by atoms with Gasteiger partial charge in [0, 0.05) is 17.3 Å². The van der Waals surface area contributed by atoms with Crippen LogP contribution in [0.5, 0.6) is 5.75 Å². The van der Waals surface area contributed by atoms with Crippen molar-refractivity contribution in [3.05, 3.63) is 94.2 Å². The lowest BCUT2D eigenvalue weighted by Crippen LogP contribution is -2.34. The van der Waals surface area contributed by atoms with Crippen LogP contribution in [0.2, 0.25) is 0 Å². The molecule has 0 unspecified atom stereocenters. The minimum atomic E-state index is -0.506. The zero-order valence-electron chi connectivity index (χ0n) is 18.1. The maximum Gasteiger partial charge on any atom is 0.257 e. The molecule has 164 valence electrons. The molecule has 0 atom stereocenters. The summed E-state index contributed by atoms with van der Waals surface area (Å²) in [6.45, 7) is 5.27. The monoisotopic (exact) mass is 448 g/mol. The van der Waals surface area contributed by atoms with E-state index in [-0.39, 0.29) is 17.4 Å². The molecular formula is C26H25FN2O2S. The molecule has 4 aromatic rings. The summed E-state index contributed by atoms with van der Waals surface area (Å²) in [6, 6.07) is 20.2. The van der Waals surface area contributed by atoms with E-state index >= 15 is 0 Å². The standard InChI is InChI=1S/C26H25FN2O2S/c1-18(2)14-29(26(30)22-11-5-6-12-23(22)27)15-20-17-32-25(28-20)16-31-24-13-7-9-19-8-3-4-10-21(19)24/h3-13,17-18H,14-16H2,1-2H3. The van der Waals surface area contributed by atoms with Gasteiger partial charge in [-0.15, -0.1) is 11.3 Å². The van der Waals surface area contributed by atoms with Crippen LogP contribution in [0.1, 0.15) is 34.9 Å². The first kappa shape index (κ1) is 22.0. The molecule has 32 heavy (non-hydrogen) atoms. The maximum absolute atomic E-state index is 14.2. The lowest BCUT2D eigenvalue weighted by molar-refractivity contribution is 0.0716. The smallest absolute Gasteiger partial charge is 0.257 e. The fourth-order valence-corrected chi connectivity index (χ4v) is 4.31. The molecule has 0 aliphatic rings. The number of rotatable bonds is 8. The SMILES string of the molecule is CC(C)CN(Cc1csc(COc2cccc3ccccc23)n1)C(=O)c1ccccc1F. The molecular weight excluding hydrogens is 423 g/mol. The molecule has 0 fully saturated rings. The van der Waals surface area contributed by atoms with E-state index in [1.54, 1.807) is 17.0 Å². The second-order valence-electron chi connectivity index (χ2n) is 8.06. The second-order valence-corrected chi connectivity index (χ2v) is 9.00. The van der Waals surface area contributed by atoms with Gasteiger partial charge in [0.1, 0.15) is 23.2 Å². The van der Waals surface area contributed by atoms with E-state index in [9.17, 15) is 9.18 Å². The molecule has 3 aromatic carbocycles. The summed E-state index contributed by atoms with van der Waals surface area (Å²) in [4.78, 5) is 19.3. The first-order valence-corrected chi connectivity index (χ1v) is 11.5. The van der Waals surface area contributed by atoms with E-state index in [4.69, 9.17) is 4.74 Å². The first-order chi connectivity index (χ1) is 15.5. The van der Waals surface area contributed by atoms with E-state index in [2.05, 4.69) is 17.1 Å². The summed E-state index contributed by atoms with van der Waals surface area (Å²) in [5.41, 5.74) is 0.861. The van der Waals surface area contributed by atoms with Gasteiger partial charge in [-0.2, -0.15) is 0 Å². The Balaban J connectivity index is 1.46. The minimum absolute atomic E-state index is 0.0860. The Morgan fingerprint density at radius 1 is 1.06 bits per heavy atom. The van der Waals surface area contributed by atoms with E-state index < -0.39 is 5.82 Å². The van der Waals surface area contributed by atoms with Gasteiger partial charge >= 0.3 is 0 Å². The Labute approximate surface area is 191 Å². The number of benzene rings is 3. The number of carbonyl (C=O) groups excluding carboxylic acids is 1. The van der Waals surface area contributed by atoms with Gasteiger partial charge in [-0.25, -0.2) is 9.37 Å². The molecule has 6 heteroatoms. The quantitative estimate of drug-likeness (QED) is 0.317. The number of nitrogens with zero attached hydrogens (tertiary/aromatic N) is 2. The van der Waals surface area contributed by atoms with Crippen molar-refractivity contribution >= 4 is 28.0 Å². The maximum atomic E-state index is 14.2. The Kier molecular flexibility index (Phi) is 6.81. The van der Waals surface area contributed by atoms with Crippen LogP contribution in [-0.2, 0) is 13.2 Å². The van der Waals surface area contributed by atoms with Gasteiger partial charge in [-0.1, -0.05) is 62.4 Å². The molecule has 1 amide bonds. The molecule has 0 bridgehead atoms. The highest BCUT2D eigenvalue weighted by Gasteiger charge is 2.21. The van der Waals surface area contributed by atoms with Crippen LogP contribution in [-0.4, -0.2) is 22.3 Å². The zero-order chi connectivity index (χ0) is 22.5. The highest BCUT2D eigenvalue weighted by atomic mass is 32.1. The minimum Gasteiger partial charge on any atom is -0.486 e. The summed E-state index contributed by atoms with van der Waals surface area (Å²) in [6.07, 6.45) is 0. The predicted molar refractivity (Wildman–Crippen MR) is 126 cm³/mol. The van der Waals surface area contributed by atoms with Crippen LogP contribution >= 0.6 is 11.3 Å². The van der Waals surface area contributed by atoms with Crippen LogP contribution < -0.4 is 4.74 Å². The lowest BCUT2D eigenvalue weighted by Gasteiger charge is -2.24. The number of halogens is 1. The van der Waals surface area contributed by atoms with E-state index in [0.717, 1.165) is 27.2 Å². The van der Waals surface area contributed by atoms with Gasteiger partial charge in [0.05, 0.1) is 17.8 Å². The molecule has 0 spiro atoms. The number of aromatic nitrogens is 1. The summed E-state index contributed by atoms with van der Waals surface area (Å²) in [5.74, 6) is 0.238. The van der Waals surface area contributed by atoms with E-state index in [0.29, 0.717) is 19.7 Å². The summed E-state index contributed by atoms with van der Waals surface area (Å²) < 4.78 is 20.2. The first-order valence-electron chi connectivity index (χ1n) is 10.6. The molecule has 4 nitrogen and oxygen atoms in total. The van der Waals surface area contributed by atoms with Gasteiger partial charge in [0.15, 0.2) is 0 Å². The third kappa shape index (κ3) is 5.14. The Morgan fingerprint density at radius 3 is 2.62 bits per heavy atom. The number of hydrogen-bond acceptors (Lipinski definition) is 4. The fraction of sp³-hybridized carbons (Fsp3) is 0.231. The van der Waals surface area contributed by atoms with Crippen LogP contribution in [0, 0.1) is 11.7 Å². The topological polar surface area (TPSA) is 42.4 Å². The number of carbonyl (C=O) groups is 1. The van der Waals surface area contributed by atoms with Crippen molar-refractivity contribution in [1.82, 2.24) is 9.88 Å². The van der Waals surface area contributed by atoms with Crippen molar-refractivity contribution in [1.29, 1.82) is 0 Å². The van der Waals surface area contributed by atoms with E-state index in [1.165, 1.54) is 23.5 Å². The highest BCUT2D eigenvalue weighted by molar-refractivity contribution is 7.09. The number of amides is 1. The Bertz CT molecular complexity index is 1220. The van der Waals surface area contributed by atoms with Crippen molar-refractivity contribution in [2.75, 3.05) is 6.54 Å². The van der Waals surface area contributed by atoms with Crippen molar-refractivity contribution < 1.29 is 13.9 Å². The Morgan fingerprint density at radius 2 is 1.81 bits per heavy atom. The third-order valence-corrected chi connectivity index (χ3v) is 5.90. The summed E-state index contributed by atoms with van der Waals surface area (Å²) in [5, 5.41) is 4.95. The number of hydrogen-bond donors (Lipinski definition) is 0. The molecule has 0 aliphatic carbocycles. The van der Waals surface area contributed by atoms with Crippen LogP contribution in [0.15, 0.2) is 72.1 Å². The van der Waals surface area contributed by atoms with Gasteiger partial charge in [0.25, 0.3) is 5.91 Å². The van der Waals surface area contributed by atoms with Crippen LogP contribution in [0.3, 0.4) is 0 Å².